The summed E-state index contributed by atoms with van der Waals surface area (Å²) in [5.41, 5.74) is 3.77. The predicted molar refractivity (Wildman–Crippen MR) is 71.6 cm³/mol. The van der Waals surface area contributed by atoms with Crippen LogP contribution in [-0.4, -0.2) is 0 Å². The molecular weight excluding hydrogens is 234 g/mol. The molecule has 0 atom stereocenters. The standard InChI is InChI=1S/C14H16ClNO/c1-3-11-6-4-5-10(2)14(11)16-9-12-7-8-13(15)17-12/h4-8,16H,3,9H2,1-2H3. The number of para-hydroxylation sites is 1. The van der Waals surface area contributed by atoms with Crippen LogP contribution in [0.25, 0.3) is 0 Å². The van der Waals surface area contributed by atoms with Gasteiger partial charge in [-0.05, 0) is 48.2 Å². The molecule has 2 aromatic rings. The molecule has 3 heteroatoms. The highest BCUT2D eigenvalue weighted by Gasteiger charge is 2.05. The summed E-state index contributed by atoms with van der Waals surface area (Å²) in [5.74, 6) is 0.848. The predicted octanol–water partition coefficient (Wildman–Crippen LogP) is 4.42. The zero-order valence-electron chi connectivity index (χ0n) is 10.1. The van der Waals surface area contributed by atoms with Gasteiger partial charge in [0.15, 0.2) is 5.22 Å². The van der Waals surface area contributed by atoms with Crippen molar-refractivity contribution in [1.29, 1.82) is 0 Å². The third-order valence-electron chi connectivity index (χ3n) is 2.81. The lowest BCUT2D eigenvalue weighted by molar-refractivity contribution is 0.520. The number of rotatable bonds is 4. The Hall–Kier alpha value is -1.41. The molecule has 0 fully saturated rings. The summed E-state index contributed by atoms with van der Waals surface area (Å²) in [5, 5.41) is 3.84. The van der Waals surface area contributed by atoms with Gasteiger partial charge < -0.3 is 9.73 Å². The Balaban J connectivity index is 2.13. The molecule has 0 unspecified atom stereocenters. The molecule has 0 amide bonds. The molecule has 1 aromatic carbocycles. The minimum absolute atomic E-state index is 0.433. The SMILES string of the molecule is CCc1cccc(C)c1NCc1ccc(Cl)o1. The monoisotopic (exact) mass is 249 g/mol. The Bertz CT molecular complexity index is 505. The summed E-state index contributed by atoms with van der Waals surface area (Å²) in [4.78, 5) is 0. The van der Waals surface area contributed by atoms with Crippen LogP contribution in [0, 0.1) is 6.92 Å². The van der Waals surface area contributed by atoms with Crippen LogP contribution in [0.4, 0.5) is 5.69 Å². The quantitative estimate of drug-likeness (QED) is 0.868. The zero-order chi connectivity index (χ0) is 12.3. The van der Waals surface area contributed by atoms with Crippen LogP contribution in [0.3, 0.4) is 0 Å². The molecule has 0 bridgehead atoms. The van der Waals surface area contributed by atoms with Crippen molar-refractivity contribution >= 4 is 17.3 Å². The number of furan rings is 1. The maximum atomic E-state index is 5.74. The normalized spacial score (nSPS) is 10.5. The highest BCUT2D eigenvalue weighted by molar-refractivity contribution is 6.28. The van der Waals surface area contributed by atoms with Gasteiger partial charge in [0, 0.05) is 5.69 Å². The average Bonchev–Trinajstić information content (AvgIpc) is 2.73. The van der Waals surface area contributed by atoms with Gasteiger partial charge in [0.25, 0.3) is 0 Å². The van der Waals surface area contributed by atoms with E-state index in [1.807, 2.05) is 6.07 Å². The van der Waals surface area contributed by atoms with Gasteiger partial charge >= 0.3 is 0 Å². The van der Waals surface area contributed by atoms with Crippen molar-refractivity contribution in [3.05, 3.63) is 52.4 Å². The van der Waals surface area contributed by atoms with Crippen LogP contribution in [-0.2, 0) is 13.0 Å². The number of hydrogen-bond acceptors (Lipinski definition) is 2. The second kappa shape index (κ2) is 5.28. The molecule has 17 heavy (non-hydrogen) atoms. The first-order valence-electron chi connectivity index (χ1n) is 5.77. The van der Waals surface area contributed by atoms with Crippen molar-refractivity contribution in [3.63, 3.8) is 0 Å². The second-order valence-corrected chi connectivity index (χ2v) is 4.39. The van der Waals surface area contributed by atoms with Crippen LogP contribution < -0.4 is 5.32 Å². The first-order chi connectivity index (χ1) is 8.20. The molecule has 0 aliphatic heterocycles. The number of aryl methyl sites for hydroxylation is 2. The van der Waals surface area contributed by atoms with Crippen LogP contribution >= 0.6 is 11.6 Å². The van der Waals surface area contributed by atoms with Gasteiger partial charge in [-0.3, -0.25) is 0 Å². The maximum Gasteiger partial charge on any atom is 0.193 e. The van der Waals surface area contributed by atoms with Gasteiger partial charge in [-0.15, -0.1) is 0 Å². The van der Waals surface area contributed by atoms with Crippen LogP contribution in [0.5, 0.6) is 0 Å². The maximum absolute atomic E-state index is 5.74. The van der Waals surface area contributed by atoms with Crippen LogP contribution in [0.15, 0.2) is 34.7 Å². The Morgan fingerprint density at radius 1 is 1.24 bits per heavy atom. The summed E-state index contributed by atoms with van der Waals surface area (Å²) in [6.07, 6.45) is 1.02. The molecule has 1 N–H and O–H groups in total. The van der Waals surface area contributed by atoms with E-state index in [4.69, 9.17) is 16.0 Å². The average molecular weight is 250 g/mol. The molecular formula is C14H16ClNO. The van der Waals surface area contributed by atoms with E-state index in [0.29, 0.717) is 11.8 Å². The van der Waals surface area contributed by atoms with Gasteiger partial charge in [-0.2, -0.15) is 0 Å². The summed E-state index contributed by atoms with van der Waals surface area (Å²) in [6, 6.07) is 9.99. The van der Waals surface area contributed by atoms with Gasteiger partial charge in [-0.1, -0.05) is 25.1 Å². The minimum atomic E-state index is 0.433. The van der Waals surface area contributed by atoms with Crippen molar-refractivity contribution in [3.8, 4) is 0 Å². The van der Waals surface area contributed by atoms with E-state index in [9.17, 15) is 0 Å². The Morgan fingerprint density at radius 3 is 2.71 bits per heavy atom. The lowest BCUT2D eigenvalue weighted by atomic mass is 10.1. The summed E-state index contributed by atoms with van der Waals surface area (Å²) in [7, 11) is 0. The smallest absolute Gasteiger partial charge is 0.193 e. The van der Waals surface area contributed by atoms with Crippen molar-refractivity contribution in [2.45, 2.75) is 26.8 Å². The Morgan fingerprint density at radius 2 is 2.06 bits per heavy atom. The van der Waals surface area contributed by atoms with Crippen molar-refractivity contribution < 1.29 is 4.42 Å². The minimum Gasteiger partial charge on any atom is -0.448 e. The van der Waals surface area contributed by atoms with E-state index < -0.39 is 0 Å². The lowest BCUT2D eigenvalue weighted by Gasteiger charge is -2.12. The lowest BCUT2D eigenvalue weighted by Crippen LogP contribution is -2.03. The van der Waals surface area contributed by atoms with Crippen molar-refractivity contribution in [1.82, 2.24) is 0 Å². The van der Waals surface area contributed by atoms with Gasteiger partial charge in [-0.25, -0.2) is 0 Å². The molecule has 1 aromatic heterocycles. The fraction of sp³-hybridized carbons (Fsp3) is 0.286. The van der Waals surface area contributed by atoms with Crippen molar-refractivity contribution in [2.75, 3.05) is 5.32 Å². The molecule has 2 rings (SSSR count). The Kier molecular flexibility index (Phi) is 3.75. The summed E-state index contributed by atoms with van der Waals surface area (Å²) in [6.45, 7) is 4.92. The third-order valence-corrected chi connectivity index (χ3v) is 3.01. The Labute approximate surface area is 107 Å². The molecule has 1 heterocycles. The summed E-state index contributed by atoms with van der Waals surface area (Å²) >= 11 is 5.74. The molecule has 2 nitrogen and oxygen atoms in total. The zero-order valence-corrected chi connectivity index (χ0v) is 10.8. The number of nitrogens with one attached hydrogen (secondary N) is 1. The van der Waals surface area contributed by atoms with E-state index >= 15 is 0 Å². The molecule has 0 aliphatic rings. The topological polar surface area (TPSA) is 25.2 Å². The molecule has 0 saturated carbocycles. The van der Waals surface area contributed by atoms with E-state index in [-0.39, 0.29) is 0 Å². The van der Waals surface area contributed by atoms with E-state index in [1.54, 1.807) is 6.07 Å². The highest BCUT2D eigenvalue weighted by Crippen LogP contribution is 2.22. The molecule has 0 radical (unpaired) electrons. The summed E-state index contributed by atoms with van der Waals surface area (Å²) < 4.78 is 5.32. The number of anilines is 1. The molecule has 0 aliphatic carbocycles. The highest BCUT2D eigenvalue weighted by atomic mass is 35.5. The van der Waals surface area contributed by atoms with Crippen LogP contribution in [0.1, 0.15) is 23.8 Å². The van der Waals surface area contributed by atoms with E-state index in [1.165, 1.54) is 16.8 Å². The fourth-order valence-corrected chi connectivity index (χ4v) is 2.06. The van der Waals surface area contributed by atoms with Gasteiger partial charge in [0.05, 0.1) is 6.54 Å². The first-order valence-corrected chi connectivity index (χ1v) is 6.15. The van der Waals surface area contributed by atoms with Gasteiger partial charge in [0.1, 0.15) is 5.76 Å². The largest absolute Gasteiger partial charge is 0.448 e. The van der Waals surface area contributed by atoms with Crippen LogP contribution in [0.2, 0.25) is 5.22 Å². The van der Waals surface area contributed by atoms with Crippen molar-refractivity contribution in [2.24, 2.45) is 0 Å². The molecule has 0 saturated heterocycles. The number of hydrogen-bond donors (Lipinski definition) is 1. The second-order valence-electron chi connectivity index (χ2n) is 4.02. The van der Waals surface area contributed by atoms with E-state index in [2.05, 4.69) is 37.4 Å². The molecule has 90 valence electrons. The first kappa shape index (κ1) is 12.1. The van der Waals surface area contributed by atoms with E-state index in [0.717, 1.165) is 12.2 Å². The third kappa shape index (κ3) is 2.83. The van der Waals surface area contributed by atoms with Gasteiger partial charge in [0.2, 0.25) is 0 Å². The number of halogens is 1. The molecule has 0 spiro atoms. The fourth-order valence-electron chi connectivity index (χ4n) is 1.90. The number of benzene rings is 1.